The monoisotopic (exact) mass is 232 g/mol. The van der Waals surface area contributed by atoms with Crippen molar-refractivity contribution in [3.05, 3.63) is 41.7 Å². The lowest BCUT2D eigenvalue weighted by molar-refractivity contribution is 0.406. The number of methoxy groups -OCH3 is 1. The van der Waals surface area contributed by atoms with Crippen molar-refractivity contribution in [3.8, 4) is 5.75 Å². The summed E-state index contributed by atoms with van der Waals surface area (Å²) >= 11 is 0. The maximum Gasteiger partial charge on any atom is 0.122 e. The van der Waals surface area contributed by atoms with Gasteiger partial charge in [0.15, 0.2) is 0 Å². The van der Waals surface area contributed by atoms with Gasteiger partial charge in [-0.1, -0.05) is 18.2 Å². The Bertz CT molecular complexity index is 455. The molecule has 1 atom stereocenters. The Balaban J connectivity index is 2.18. The van der Waals surface area contributed by atoms with Crippen molar-refractivity contribution in [1.29, 1.82) is 0 Å². The SMILES string of the molecule is CNC(Cc1ccccc1OC)c1cn[nH]n1. The molecule has 17 heavy (non-hydrogen) atoms. The maximum absolute atomic E-state index is 5.34. The van der Waals surface area contributed by atoms with Crippen LogP contribution in [0.1, 0.15) is 17.3 Å². The number of hydrogen-bond donors (Lipinski definition) is 2. The predicted octanol–water partition coefficient (Wildman–Crippen LogP) is 1.32. The molecule has 1 aromatic heterocycles. The molecule has 5 nitrogen and oxygen atoms in total. The summed E-state index contributed by atoms with van der Waals surface area (Å²) in [6.45, 7) is 0. The highest BCUT2D eigenvalue weighted by atomic mass is 16.5. The molecule has 5 heteroatoms. The molecule has 0 spiro atoms. The van der Waals surface area contributed by atoms with Crippen molar-refractivity contribution in [2.45, 2.75) is 12.5 Å². The van der Waals surface area contributed by atoms with Crippen LogP contribution >= 0.6 is 0 Å². The molecule has 0 saturated carbocycles. The smallest absolute Gasteiger partial charge is 0.122 e. The van der Waals surface area contributed by atoms with Gasteiger partial charge in [0.25, 0.3) is 0 Å². The summed E-state index contributed by atoms with van der Waals surface area (Å²) in [7, 11) is 3.60. The van der Waals surface area contributed by atoms with Gasteiger partial charge in [0.1, 0.15) is 5.75 Å². The topological polar surface area (TPSA) is 62.8 Å². The van der Waals surface area contributed by atoms with Gasteiger partial charge in [-0.3, -0.25) is 0 Å². The van der Waals surface area contributed by atoms with Gasteiger partial charge in [-0.15, -0.1) is 0 Å². The van der Waals surface area contributed by atoms with Crippen LogP contribution in [0.15, 0.2) is 30.5 Å². The predicted molar refractivity (Wildman–Crippen MR) is 64.9 cm³/mol. The van der Waals surface area contributed by atoms with Crippen molar-refractivity contribution < 1.29 is 4.74 Å². The Morgan fingerprint density at radius 3 is 2.88 bits per heavy atom. The molecule has 0 bridgehead atoms. The molecule has 1 unspecified atom stereocenters. The largest absolute Gasteiger partial charge is 0.496 e. The summed E-state index contributed by atoms with van der Waals surface area (Å²) in [5.74, 6) is 0.899. The summed E-state index contributed by atoms with van der Waals surface area (Å²) in [6, 6.07) is 8.12. The minimum Gasteiger partial charge on any atom is -0.496 e. The van der Waals surface area contributed by atoms with E-state index in [0.717, 1.165) is 23.4 Å². The number of aromatic amines is 1. The van der Waals surface area contributed by atoms with E-state index >= 15 is 0 Å². The van der Waals surface area contributed by atoms with Crippen molar-refractivity contribution in [2.24, 2.45) is 0 Å². The third kappa shape index (κ3) is 2.62. The second-order valence-electron chi connectivity index (χ2n) is 3.75. The highest BCUT2D eigenvalue weighted by Gasteiger charge is 2.14. The Hall–Kier alpha value is -1.88. The van der Waals surface area contributed by atoms with E-state index in [1.165, 1.54) is 0 Å². The van der Waals surface area contributed by atoms with Crippen LogP contribution in [0.2, 0.25) is 0 Å². The first-order valence-corrected chi connectivity index (χ1v) is 5.50. The molecule has 0 aliphatic rings. The highest BCUT2D eigenvalue weighted by molar-refractivity contribution is 5.34. The normalized spacial score (nSPS) is 12.4. The molecule has 0 aliphatic heterocycles. The first-order chi connectivity index (χ1) is 8.35. The Morgan fingerprint density at radius 2 is 2.24 bits per heavy atom. The third-order valence-electron chi connectivity index (χ3n) is 2.76. The van der Waals surface area contributed by atoms with E-state index in [2.05, 4.69) is 26.8 Å². The first-order valence-electron chi connectivity index (χ1n) is 5.50. The average Bonchev–Trinajstić information content (AvgIpc) is 2.90. The van der Waals surface area contributed by atoms with E-state index in [-0.39, 0.29) is 6.04 Å². The van der Waals surface area contributed by atoms with Crippen LogP contribution in [0.4, 0.5) is 0 Å². The van der Waals surface area contributed by atoms with E-state index in [1.807, 2.05) is 25.2 Å². The number of aromatic nitrogens is 3. The number of para-hydroxylation sites is 1. The van der Waals surface area contributed by atoms with Crippen molar-refractivity contribution >= 4 is 0 Å². The molecule has 2 N–H and O–H groups in total. The molecule has 0 fully saturated rings. The number of hydrogen-bond acceptors (Lipinski definition) is 4. The Kier molecular flexibility index (Phi) is 3.72. The molecular formula is C12H16N4O. The van der Waals surface area contributed by atoms with Crippen LogP contribution in [0.3, 0.4) is 0 Å². The van der Waals surface area contributed by atoms with Crippen LogP contribution < -0.4 is 10.1 Å². The van der Waals surface area contributed by atoms with Gasteiger partial charge < -0.3 is 10.1 Å². The minimum absolute atomic E-state index is 0.130. The summed E-state index contributed by atoms with van der Waals surface area (Å²) in [5, 5.41) is 13.8. The van der Waals surface area contributed by atoms with E-state index < -0.39 is 0 Å². The number of nitrogens with zero attached hydrogens (tertiary/aromatic N) is 2. The fraction of sp³-hybridized carbons (Fsp3) is 0.333. The van der Waals surface area contributed by atoms with Crippen molar-refractivity contribution in [1.82, 2.24) is 20.7 Å². The van der Waals surface area contributed by atoms with Gasteiger partial charge in [-0.05, 0) is 25.1 Å². The van der Waals surface area contributed by atoms with Crippen molar-refractivity contribution in [3.63, 3.8) is 0 Å². The molecule has 90 valence electrons. The maximum atomic E-state index is 5.34. The summed E-state index contributed by atoms with van der Waals surface area (Å²) in [5.41, 5.74) is 2.05. The molecule has 2 rings (SSSR count). The van der Waals surface area contributed by atoms with Gasteiger partial charge in [-0.25, -0.2) is 0 Å². The summed E-state index contributed by atoms with van der Waals surface area (Å²) in [6.07, 6.45) is 2.55. The lowest BCUT2D eigenvalue weighted by Crippen LogP contribution is -2.19. The summed E-state index contributed by atoms with van der Waals surface area (Å²) < 4.78 is 5.34. The molecule has 0 amide bonds. The quantitative estimate of drug-likeness (QED) is 0.816. The van der Waals surface area contributed by atoms with E-state index in [4.69, 9.17) is 4.74 Å². The average molecular weight is 232 g/mol. The zero-order valence-corrected chi connectivity index (χ0v) is 9.97. The molecular weight excluding hydrogens is 216 g/mol. The van der Waals surface area contributed by atoms with E-state index in [1.54, 1.807) is 13.3 Å². The number of H-pyrrole nitrogens is 1. The lowest BCUT2D eigenvalue weighted by Gasteiger charge is -2.15. The second kappa shape index (κ2) is 5.45. The molecule has 1 heterocycles. The Morgan fingerprint density at radius 1 is 1.41 bits per heavy atom. The van der Waals surface area contributed by atoms with Crippen LogP contribution in [0, 0.1) is 0 Å². The van der Waals surface area contributed by atoms with Crippen LogP contribution in [-0.2, 0) is 6.42 Å². The van der Waals surface area contributed by atoms with Crippen LogP contribution in [0.25, 0.3) is 0 Å². The van der Waals surface area contributed by atoms with Crippen molar-refractivity contribution in [2.75, 3.05) is 14.2 Å². The standard InChI is InChI=1S/C12H16N4O/c1-13-10(11-8-14-16-15-11)7-9-5-3-4-6-12(9)17-2/h3-6,8,10,13H,7H2,1-2H3,(H,14,15,16). The van der Waals surface area contributed by atoms with Gasteiger partial charge in [0.05, 0.1) is 25.0 Å². The molecule has 0 saturated heterocycles. The Labute approximate surface area is 100 Å². The summed E-state index contributed by atoms with van der Waals surface area (Å²) in [4.78, 5) is 0. The van der Waals surface area contributed by atoms with Crippen LogP contribution in [-0.4, -0.2) is 29.6 Å². The number of nitrogens with one attached hydrogen (secondary N) is 2. The van der Waals surface area contributed by atoms with Gasteiger partial charge >= 0.3 is 0 Å². The number of likely N-dealkylation sites (N-methyl/N-ethyl adjacent to an activating group) is 1. The first kappa shape index (κ1) is 11.6. The van der Waals surface area contributed by atoms with E-state index in [0.29, 0.717) is 0 Å². The van der Waals surface area contributed by atoms with Gasteiger partial charge in [0.2, 0.25) is 0 Å². The number of ether oxygens (including phenoxy) is 1. The lowest BCUT2D eigenvalue weighted by atomic mass is 10.0. The molecule has 0 radical (unpaired) electrons. The molecule has 0 aliphatic carbocycles. The molecule has 1 aromatic carbocycles. The van der Waals surface area contributed by atoms with Gasteiger partial charge in [-0.2, -0.15) is 15.4 Å². The fourth-order valence-corrected chi connectivity index (χ4v) is 1.82. The zero-order chi connectivity index (χ0) is 12.1. The second-order valence-corrected chi connectivity index (χ2v) is 3.75. The fourth-order valence-electron chi connectivity index (χ4n) is 1.82. The highest BCUT2D eigenvalue weighted by Crippen LogP contribution is 2.23. The molecule has 2 aromatic rings. The van der Waals surface area contributed by atoms with E-state index in [9.17, 15) is 0 Å². The minimum atomic E-state index is 0.130. The number of rotatable bonds is 5. The third-order valence-corrected chi connectivity index (χ3v) is 2.76. The van der Waals surface area contributed by atoms with Crippen LogP contribution in [0.5, 0.6) is 5.75 Å². The zero-order valence-electron chi connectivity index (χ0n) is 9.97. The number of benzene rings is 1. The van der Waals surface area contributed by atoms with Gasteiger partial charge in [0, 0.05) is 0 Å².